The largest absolute Gasteiger partial charge is 0.469 e. The first-order valence-electron chi connectivity index (χ1n) is 9.86. The molecule has 0 unspecified atom stereocenters. The van der Waals surface area contributed by atoms with E-state index in [2.05, 4.69) is 21.8 Å². The Kier molecular flexibility index (Phi) is 7.13. The molecule has 1 amide bonds. The van der Waals surface area contributed by atoms with Gasteiger partial charge in [0.05, 0.1) is 13.5 Å². The molecule has 1 atom stereocenters. The third kappa shape index (κ3) is 5.69. The number of ether oxygens (including phenoxy) is 1. The van der Waals surface area contributed by atoms with Gasteiger partial charge in [0, 0.05) is 37.6 Å². The summed E-state index contributed by atoms with van der Waals surface area (Å²) in [6, 6.07) is 8.12. The van der Waals surface area contributed by atoms with Crippen molar-refractivity contribution < 1.29 is 14.3 Å². The van der Waals surface area contributed by atoms with Crippen LogP contribution in [-0.2, 0) is 20.9 Å². The van der Waals surface area contributed by atoms with Crippen molar-refractivity contribution >= 4 is 23.5 Å². The fourth-order valence-corrected chi connectivity index (χ4v) is 4.45. The van der Waals surface area contributed by atoms with Crippen molar-refractivity contribution in [1.82, 2.24) is 9.80 Å². The second-order valence-corrected chi connectivity index (χ2v) is 8.14. The molecular formula is C21H29ClN2O3. The zero-order valence-corrected chi connectivity index (χ0v) is 16.8. The monoisotopic (exact) mass is 392 g/mol. The highest BCUT2D eigenvalue weighted by atomic mass is 35.5. The Morgan fingerprint density at radius 1 is 1.04 bits per heavy atom. The fraction of sp³-hybridized carbons (Fsp3) is 0.619. The van der Waals surface area contributed by atoms with E-state index in [9.17, 15) is 9.59 Å². The van der Waals surface area contributed by atoms with Gasteiger partial charge in [0.25, 0.3) is 0 Å². The number of esters is 1. The van der Waals surface area contributed by atoms with Gasteiger partial charge in [0.1, 0.15) is 0 Å². The quantitative estimate of drug-likeness (QED) is 0.696. The number of halogens is 1. The van der Waals surface area contributed by atoms with Crippen LogP contribution in [-0.4, -0.2) is 55.0 Å². The zero-order chi connectivity index (χ0) is 19.2. The van der Waals surface area contributed by atoms with Crippen molar-refractivity contribution in [2.24, 2.45) is 11.8 Å². The number of carbonyl (C=O) groups excluding carboxylic acids is 2. The van der Waals surface area contributed by atoms with Crippen LogP contribution < -0.4 is 0 Å². The number of nitrogens with zero attached hydrogens (tertiary/aromatic N) is 2. The molecule has 1 aromatic rings. The Morgan fingerprint density at radius 3 is 2.37 bits per heavy atom. The predicted molar refractivity (Wildman–Crippen MR) is 105 cm³/mol. The highest BCUT2D eigenvalue weighted by Gasteiger charge is 2.32. The highest BCUT2D eigenvalue weighted by Crippen LogP contribution is 2.32. The highest BCUT2D eigenvalue weighted by molar-refractivity contribution is 6.30. The van der Waals surface area contributed by atoms with E-state index in [0.717, 1.165) is 56.5 Å². The van der Waals surface area contributed by atoms with E-state index < -0.39 is 0 Å². The molecule has 2 aliphatic heterocycles. The number of benzene rings is 1. The van der Waals surface area contributed by atoms with Crippen LogP contribution in [0.3, 0.4) is 0 Å². The molecule has 5 nitrogen and oxygen atoms in total. The average molecular weight is 393 g/mol. The van der Waals surface area contributed by atoms with E-state index in [0.29, 0.717) is 5.92 Å². The second kappa shape index (κ2) is 9.56. The first-order chi connectivity index (χ1) is 13.0. The topological polar surface area (TPSA) is 49.9 Å². The zero-order valence-electron chi connectivity index (χ0n) is 16.0. The fourth-order valence-electron chi connectivity index (χ4n) is 4.33. The van der Waals surface area contributed by atoms with Crippen LogP contribution in [0.15, 0.2) is 24.3 Å². The molecule has 0 N–H and O–H groups in total. The van der Waals surface area contributed by atoms with E-state index in [1.807, 2.05) is 17.0 Å². The van der Waals surface area contributed by atoms with Crippen LogP contribution in [0.25, 0.3) is 0 Å². The Hall–Kier alpha value is -1.59. The van der Waals surface area contributed by atoms with Crippen LogP contribution >= 0.6 is 11.6 Å². The van der Waals surface area contributed by atoms with Crippen LogP contribution in [0.2, 0.25) is 5.02 Å². The van der Waals surface area contributed by atoms with Gasteiger partial charge in [0.15, 0.2) is 0 Å². The van der Waals surface area contributed by atoms with E-state index in [1.54, 1.807) is 0 Å². The standard InChI is InChI=1S/C21H29ClN2O3/c1-27-21(26)7-6-20(25)24-12-9-17(10-13-24)18-8-11-23(15-18)14-16-2-4-19(22)5-3-16/h2-5,17-18H,6-15H2,1H3/t18-/m0/s1. The van der Waals surface area contributed by atoms with Gasteiger partial charge >= 0.3 is 5.97 Å². The van der Waals surface area contributed by atoms with Crippen molar-refractivity contribution in [2.45, 2.75) is 38.6 Å². The Balaban J connectivity index is 1.40. The van der Waals surface area contributed by atoms with Gasteiger partial charge in [-0.15, -0.1) is 0 Å². The first kappa shape index (κ1) is 20.2. The third-order valence-corrected chi connectivity index (χ3v) is 6.21. The minimum Gasteiger partial charge on any atom is -0.469 e. The summed E-state index contributed by atoms with van der Waals surface area (Å²) in [7, 11) is 1.36. The lowest BCUT2D eigenvalue weighted by Crippen LogP contribution is -2.40. The number of rotatable bonds is 6. The van der Waals surface area contributed by atoms with E-state index in [1.165, 1.54) is 19.1 Å². The van der Waals surface area contributed by atoms with Crippen LogP contribution in [0.1, 0.15) is 37.7 Å². The molecule has 0 aliphatic carbocycles. The van der Waals surface area contributed by atoms with Gasteiger partial charge in [-0.2, -0.15) is 0 Å². The molecule has 2 fully saturated rings. The summed E-state index contributed by atoms with van der Waals surface area (Å²) >= 11 is 5.97. The van der Waals surface area contributed by atoms with Crippen LogP contribution in [0.5, 0.6) is 0 Å². The Bertz CT molecular complexity index is 641. The molecule has 2 aliphatic rings. The van der Waals surface area contributed by atoms with Crippen molar-refractivity contribution in [3.8, 4) is 0 Å². The van der Waals surface area contributed by atoms with Gasteiger partial charge in [-0.3, -0.25) is 14.5 Å². The first-order valence-corrected chi connectivity index (χ1v) is 10.2. The molecule has 148 valence electrons. The van der Waals surface area contributed by atoms with Gasteiger partial charge < -0.3 is 9.64 Å². The number of methoxy groups -OCH3 is 1. The second-order valence-electron chi connectivity index (χ2n) is 7.70. The number of amides is 1. The van der Waals surface area contributed by atoms with Gasteiger partial charge in [-0.1, -0.05) is 23.7 Å². The Morgan fingerprint density at radius 2 is 1.70 bits per heavy atom. The van der Waals surface area contributed by atoms with Crippen LogP contribution in [0.4, 0.5) is 0 Å². The summed E-state index contributed by atoms with van der Waals surface area (Å²) in [5.74, 6) is 1.19. The average Bonchev–Trinajstić information content (AvgIpc) is 3.16. The minimum atomic E-state index is -0.315. The van der Waals surface area contributed by atoms with E-state index in [-0.39, 0.29) is 24.7 Å². The van der Waals surface area contributed by atoms with Crippen LogP contribution in [0, 0.1) is 11.8 Å². The molecule has 0 aromatic heterocycles. The lowest BCUT2D eigenvalue weighted by molar-refractivity contribution is -0.144. The maximum atomic E-state index is 12.2. The number of piperidine rings is 1. The van der Waals surface area contributed by atoms with E-state index >= 15 is 0 Å². The summed E-state index contributed by atoms with van der Waals surface area (Å²) in [6.07, 6.45) is 3.83. The minimum absolute atomic E-state index is 0.0784. The number of carbonyl (C=O) groups is 2. The molecule has 1 aromatic carbocycles. The molecule has 27 heavy (non-hydrogen) atoms. The van der Waals surface area contributed by atoms with Crippen molar-refractivity contribution in [3.63, 3.8) is 0 Å². The number of hydrogen-bond acceptors (Lipinski definition) is 4. The lowest BCUT2D eigenvalue weighted by Gasteiger charge is -2.35. The SMILES string of the molecule is COC(=O)CCC(=O)N1CCC([C@H]2CCN(Cc3ccc(Cl)cc3)C2)CC1. The summed E-state index contributed by atoms with van der Waals surface area (Å²) < 4.78 is 4.61. The van der Waals surface area contributed by atoms with Crippen molar-refractivity contribution in [3.05, 3.63) is 34.9 Å². The molecule has 0 bridgehead atoms. The maximum Gasteiger partial charge on any atom is 0.306 e. The number of likely N-dealkylation sites (tertiary alicyclic amines) is 2. The van der Waals surface area contributed by atoms with Gasteiger partial charge in [-0.05, 0) is 55.3 Å². The van der Waals surface area contributed by atoms with Crippen molar-refractivity contribution in [2.75, 3.05) is 33.3 Å². The molecule has 3 rings (SSSR count). The molecular weight excluding hydrogens is 364 g/mol. The molecule has 0 spiro atoms. The molecule has 6 heteroatoms. The van der Waals surface area contributed by atoms with Crippen molar-refractivity contribution in [1.29, 1.82) is 0 Å². The Labute approximate surface area is 166 Å². The predicted octanol–water partition coefficient (Wildman–Crippen LogP) is 3.35. The maximum absolute atomic E-state index is 12.2. The number of hydrogen-bond donors (Lipinski definition) is 0. The summed E-state index contributed by atoms with van der Waals surface area (Å²) in [6.45, 7) is 4.91. The normalized spacial score (nSPS) is 21.4. The van der Waals surface area contributed by atoms with Gasteiger partial charge in [-0.25, -0.2) is 0 Å². The molecule has 0 radical (unpaired) electrons. The summed E-state index contributed by atoms with van der Waals surface area (Å²) in [5, 5.41) is 0.783. The lowest BCUT2D eigenvalue weighted by atomic mass is 9.83. The third-order valence-electron chi connectivity index (χ3n) is 5.96. The summed E-state index contributed by atoms with van der Waals surface area (Å²) in [5.41, 5.74) is 1.31. The molecule has 2 heterocycles. The summed E-state index contributed by atoms with van der Waals surface area (Å²) in [4.78, 5) is 27.9. The molecule has 2 saturated heterocycles. The smallest absolute Gasteiger partial charge is 0.306 e. The molecule has 0 saturated carbocycles. The van der Waals surface area contributed by atoms with Gasteiger partial charge in [0.2, 0.25) is 5.91 Å². The van der Waals surface area contributed by atoms with E-state index in [4.69, 9.17) is 11.6 Å².